The van der Waals surface area contributed by atoms with Gasteiger partial charge < -0.3 is 9.47 Å². The van der Waals surface area contributed by atoms with Gasteiger partial charge in [0.2, 0.25) is 0 Å². The van der Waals surface area contributed by atoms with Crippen LogP contribution in [0.5, 0.6) is 5.75 Å². The van der Waals surface area contributed by atoms with E-state index < -0.39 is 18.3 Å². The molecular weight excluding hydrogens is 258 g/mol. The molecule has 0 spiro atoms. The number of amides is 1. The normalized spacial score (nSPS) is 11.3. The monoisotopic (exact) mass is 274 g/mol. The van der Waals surface area contributed by atoms with Crippen molar-refractivity contribution >= 4 is 11.8 Å². The molecule has 19 heavy (non-hydrogen) atoms. The third-order valence-electron chi connectivity index (χ3n) is 1.85. The van der Waals surface area contributed by atoms with E-state index in [4.69, 9.17) is 4.74 Å². The molecule has 0 atom stereocenters. The summed E-state index contributed by atoms with van der Waals surface area (Å²) in [6, 6.07) is 1.30. The fraction of sp³-hybridized carbons (Fsp3) is 0.500. The van der Waals surface area contributed by atoms with Gasteiger partial charge in [0.1, 0.15) is 11.3 Å². The highest BCUT2D eigenvalue weighted by molar-refractivity contribution is 5.86. The molecule has 0 saturated heterocycles. The van der Waals surface area contributed by atoms with E-state index in [-0.39, 0.29) is 11.4 Å². The zero-order chi connectivity index (χ0) is 14.6. The number of aromatic nitrogens is 1. The highest BCUT2D eigenvalue weighted by atomic mass is 19.3. The van der Waals surface area contributed by atoms with Crippen molar-refractivity contribution in [3.8, 4) is 5.75 Å². The lowest BCUT2D eigenvalue weighted by Gasteiger charge is -2.20. The number of pyridine rings is 1. The van der Waals surface area contributed by atoms with Gasteiger partial charge in [0.15, 0.2) is 5.75 Å². The minimum Gasteiger partial charge on any atom is -0.444 e. The average Bonchev–Trinajstić information content (AvgIpc) is 2.18. The number of ether oxygens (including phenoxy) is 2. The Morgan fingerprint density at radius 3 is 2.58 bits per heavy atom. The molecule has 0 radical (unpaired) electrons. The molecule has 5 nitrogen and oxygen atoms in total. The fourth-order valence-corrected chi connectivity index (χ4v) is 1.24. The molecule has 106 valence electrons. The molecule has 0 aromatic carbocycles. The third-order valence-corrected chi connectivity index (χ3v) is 1.85. The van der Waals surface area contributed by atoms with Gasteiger partial charge in [0.25, 0.3) is 0 Å². The molecule has 1 amide bonds. The summed E-state index contributed by atoms with van der Waals surface area (Å²) in [6.45, 7) is 3.71. The van der Waals surface area contributed by atoms with Crippen molar-refractivity contribution in [3.63, 3.8) is 0 Å². The Kier molecular flexibility index (Phi) is 4.63. The van der Waals surface area contributed by atoms with Gasteiger partial charge in [-0.25, -0.2) is 4.79 Å². The third kappa shape index (κ3) is 5.50. The molecule has 1 N–H and O–H groups in total. The Balaban J connectivity index is 2.85. The summed E-state index contributed by atoms with van der Waals surface area (Å²) in [7, 11) is 0. The Morgan fingerprint density at radius 2 is 2.05 bits per heavy atom. The quantitative estimate of drug-likeness (QED) is 0.918. The SMILES string of the molecule is Cc1cc(OC(F)F)c(NC(=O)OC(C)(C)C)cn1. The highest BCUT2D eigenvalue weighted by Crippen LogP contribution is 2.26. The van der Waals surface area contributed by atoms with Crippen LogP contribution in [0.4, 0.5) is 19.3 Å². The van der Waals surface area contributed by atoms with Gasteiger partial charge in [0, 0.05) is 11.8 Å². The maximum atomic E-state index is 12.3. The van der Waals surface area contributed by atoms with E-state index >= 15 is 0 Å². The summed E-state index contributed by atoms with van der Waals surface area (Å²) in [4.78, 5) is 15.4. The predicted molar refractivity (Wildman–Crippen MR) is 65.5 cm³/mol. The van der Waals surface area contributed by atoms with E-state index in [9.17, 15) is 13.6 Å². The highest BCUT2D eigenvalue weighted by Gasteiger charge is 2.18. The second-order valence-electron chi connectivity index (χ2n) is 4.83. The predicted octanol–water partition coefficient (Wildman–Crippen LogP) is 3.34. The molecular formula is C12H16F2N2O3. The molecule has 0 unspecified atom stereocenters. The number of carbonyl (C=O) groups excluding carboxylic acids is 1. The molecule has 0 aliphatic rings. The zero-order valence-corrected chi connectivity index (χ0v) is 11.2. The van der Waals surface area contributed by atoms with E-state index in [1.807, 2.05) is 0 Å². The molecule has 1 aromatic heterocycles. The number of carbonyl (C=O) groups is 1. The van der Waals surface area contributed by atoms with Gasteiger partial charge >= 0.3 is 12.7 Å². The lowest BCUT2D eigenvalue weighted by atomic mass is 10.2. The van der Waals surface area contributed by atoms with Crippen LogP contribution in [0, 0.1) is 6.92 Å². The Bertz CT molecular complexity index is 459. The number of hydrogen-bond acceptors (Lipinski definition) is 4. The van der Waals surface area contributed by atoms with Crippen LogP contribution in [0.25, 0.3) is 0 Å². The van der Waals surface area contributed by atoms with Gasteiger partial charge in [-0.1, -0.05) is 0 Å². The topological polar surface area (TPSA) is 60.5 Å². The first kappa shape index (κ1) is 15.1. The lowest BCUT2D eigenvalue weighted by molar-refractivity contribution is -0.0495. The second-order valence-corrected chi connectivity index (χ2v) is 4.83. The molecule has 1 aromatic rings. The average molecular weight is 274 g/mol. The van der Waals surface area contributed by atoms with Gasteiger partial charge in [-0.2, -0.15) is 8.78 Å². The Morgan fingerprint density at radius 1 is 1.42 bits per heavy atom. The van der Waals surface area contributed by atoms with Crippen LogP contribution in [-0.2, 0) is 4.74 Å². The maximum absolute atomic E-state index is 12.3. The van der Waals surface area contributed by atoms with Crippen molar-refractivity contribution in [2.75, 3.05) is 5.32 Å². The van der Waals surface area contributed by atoms with Gasteiger partial charge in [-0.05, 0) is 27.7 Å². The van der Waals surface area contributed by atoms with Gasteiger partial charge in [-0.3, -0.25) is 10.3 Å². The Hall–Kier alpha value is -1.92. The van der Waals surface area contributed by atoms with Crippen LogP contribution >= 0.6 is 0 Å². The number of anilines is 1. The van der Waals surface area contributed by atoms with Crippen LogP contribution in [0.3, 0.4) is 0 Å². The largest absolute Gasteiger partial charge is 0.444 e. The molecule has 0 fully saturated rings. The molecule has 0 saturated carbocycles. The molecule has 1 heterocycles. The number of halogens is 2. The van der Waals surface area contributed by atoms with E-state index in [1.165, 1.54) is 12.3 Å². The molecule has 0 aliphatic heterocycles. The maximum Gasteiger partial charge on any atom is 0.412 e. The molecule has 7 heteroatoms. The standard InChI is InChI=1S/C12H16F2N2O3/c1-7-5-9(18-10(13)14)8(6-15-7)16-11(17)19-12(2,3)4/h5-6,10H,1-4H3,(H,16,17). The van der Waals surface area contributed by atoms with Gasteiger partial charge in [-0.15, -0.1) is 0 Å². The van der Waals surface area contributed by atoms with Crippen molar-refractivity contribution in [1.82, 2.24) is 4.98 Å². The minimum absolute atomic E-state index is 0.0279. The van der Waals surface area contributed by atoms with Crippen molar-refractivity contribution in [2.24, 2.45) is 0 Å². The van der Waals surface area contributed by atoms with Crippen molar-refractivity contribution < 1.29 is 23.0 Å². The van der Waals surface area contributed by atoms with Crippen LogP contribution in [0.15, 0.2) is 12.3 Å². The van der Waals surface area contributed by atoms with E-state index in [2.05, 4.69) is 15.0 Å². The van der Waals surface area contributed by atoms with Crippen LogP contribution in [-0.4, -0.2) is 23.3 Å². The van der Waals surface area contributed by atoms with Crippen molar-refractivity contribution in [3.05, 3.63) is 18.0 Å². The number of rotatable bonds is 3. The van der Waals surface area contributed by atoms with Gasteiger partial charge in [0.05, 0.1) is 6.20 Å². The van der Waals surface area contributed by atoms with Crippen molar-refractivity contribution in [2.45, 2.75) is 39.9 Å². The zero-order valence-electron chi connectivity index (χ0n) is 11.2. The van der Waals surface area contributed by atoms with Crippen LogP contribution in [0.2, 0.25) is 0 Å². The van der Waals surface area contributed by atoms with E-state index in [0.717, 1.165) is 0 Å². The molecule has 0 aliphatic carbocycles. The lowest BCUT2D eigenvalue weighted by Crippen LogP contribution is -2.27. The second kappa shape index (κ2) is 5.81. The summed E-state index contributed by atoms with van der Waals surface area (Å²) >= 11 is 0. The number of aryl methyl sites for hydroxylation is 1. The first-order valence-corrected chi connectivity index (χ1v) is 5.59. The van der Waals surface area contributed by atoms with Crippen LogP contribution < -0.4 is 10.1 Å². The van der Waals surface area contributed by atoms with Crippen molar-refractivity contribution in [1.29, 1.82) is 0 Å². The summed E-state index contributed by atoms with van der Waals surface area (Å²) < 4.78 is 33.8. The number of nitrogens with zero attached hydrogens (tertiary/aromatic N) is 1. The van der Waals surface area contributed by atoms with Crippen LogP contribution in [0.1, 0.15) is 26.5 Å². The molecule has 0 bridgehead atoms. The number of hydrogen-bond donors (Lipinski definition) is 1. The summed E-state index contributed by atoms with van der Waals surface area (Å²) in [5, 5.41) is 2.32. The van der Waals surface area contributed by atoms with E-state index in [0.29, 0.717) is 5.69 Å². The summed E-state index contributed by atoms with van der Waals surface area (Å²) in [5.41, 5.74) is -0.170. The Labute approximate surface area is 109 Å². The van der Waals surface area contributed by atoms with E-state index in [1.54, 1.807) is 27.7 Å². The summed E-state index contributed by atoms with van der Waals surface area (Å²) in [6.07, 6.45) is 0.467. The summed E-state index contributed by atoms with van der Waals surface area (Å²) in [5.74, 6) is -0.159. The first-order chi connectivity index (χ1) is 8.67. The fourth-order valence-electron chi connectivity index (χ4n) is 1.24. The molecule has 1 rings (SSSR count). The first-order valence-electron chi connectivity index (χ1n) is 5.59. The smallest absolute Gasteiger partial charge is 0.412 e. The minimum atomic E-state index is -2.99. The number of nitrogens with one attached hydrogen (secondary N) is 1. The number of alkyl halides is 2.